The van der Waals surface area contributed by atoms with Gasteiger partial charge < -0.3 is 30.3 Å². The minimum absolute atomic E-state index is 0.180. The maximum Gasteiger partial charge on any atom is 0.336 e. The first kappa shape index (κ1) is 28.4. The van der Waals surface area contributed by atoms with Gasteiger partial charge in [0.15, 0.2) is 0 Å². The van der Waals surface area contributed by atoms with Gasteiger partial charge >= 0.3 is 11.9 Å². The summed E-state index contributed by atoms with van der Waals surface area (Å²) in [5.74, 6) is -2.93. The fourth-order valence-corrected chi connectivity index (χ4v) is 4.43. The van der Waals surface area contributed by atoms with Crippen LogP contribution in [0.1, 0.15) is 38.0 Å². The van der Waals surface area contributed by atoms with Crippen LogP contribution < -0.4 is 20.1 Å². The van der Waals surface area contributed by atoms with Gasteiger partial charge in [0.2, 0.25) is 5.91 Å². The molecule has 0 bridgehead atoms. The number of halogens is 1. The van der Waals surface area contributed by atoms with E-state index in [0.717, 1.165) is 23.1 Å². The average Bonchev–Trinajstić information content (AvgIpc) is 2.89. The molecule has 0 saturated carbocycles. The summed E-state index contributed by atoms with van der Waals surface area (Å²) in [5.41, 5.74) is -0.0739. The summed E-state index contributed by atoms with van der Waals surface area (Å²) in [6, 6.07) is 12.9. The number of nitrogens with one attached hydrogen (secondary N) is 2. The second kappa shape index (κ2) is 12.3. The van der Waals surface area contributed by atoms with Crippen LogP contribution in [0.2, 0.25) is 5.02 Å². The highest BCUT2D eigenvalue weighted by atomic mass is 35.5. The molecule has 1 unspecified atom stereocenters. The Kier molecular flexibility index (Phi) is 9.21. The molecule has 0 radical (unpaired) electrons. The fourth-order valence-electron chi connectivity index (χ4n) is 3.32. The zero-order valence-electron chi connectivity index (χ0n) is 20.4. The molecular formula is C26H23ClN2O8S. The number of hydrogen-bond donors (Lipinski definition) is 4. The van der Waals surface area contributed by atoms with Crippen molar-refractivity contribution in [2.75, 3.05) is 24.9 Å². The Hall–Kier alpha value is -4.22. The van der Waals surface area contributed by atoms with E-state index in [2.05, 4.69) is 10.6 Å². The van der Waals surface area contributed by atoms with Gasteiger partial charge in [-0.25, -0.2) is 9.59 Å². The van der Waals surface area contributed by atoms with Gasteiger partial charge in [0.1, 0.15) is 11.5 Å². The standard InChI is InChI=1S/C26H23ClN2O8S/c1-13(23(30)29-20-11-19(27)21(36-2)12-22(20)37-3)38-16-7-5-15(6-8-16)28-24(31)17-9-4-14(25(32)33)10-18(17)26(34)35/h4-13H,1-3H3,(H,28,31)(H,29,30)(H,32,33)(H,34,35). The fraction of sp³-hybridized carbons (Fsp3) is 0.154. The quantitative estimate of drug-likeness (QED) is 0.248. The summed E-state index contributed by atoms with van der Waals surface area (Å²) >= 11 is 7.44. The lowest BCUT2D eigenvalue weighted by molar-refractivity contribution is -0.115. The van der Waals surface area contributed by atoms with Crippen molar-refractivity contribution < 1.29 is 38.9 Å². The number of methoxy groups -OCH3 is 2. The van der Waals surface area contributed by atoms with Crippen molar-refractivity contribution in [1.29, 1.82) is 0 Å². The van der Waals surface area contributed by atoms with Crippen molar-refractivity contribution in [2.45, 2.75) is 17.1 Å². The number of hydrogen-bond acceptors (Lipinski definition) is 7. The Bertz CT molecular complexity index is 1390. The van der Waals surface area contributed by atoms with E-state index in [1.165, 1.54) is 32.0 Å². The van der Waals surface area contributed by atoms with Gasteiger partial charge in [0.05, 0.1) is 46.9 Å². The topological polar surface area (TPSA) is 151 Å². The van der Waals surface area contributed by atoms with E-state index in [1.54, 1.807) is 37.3 Å². The Balaban J connectivity index is 1.66. The predicted octanol–water partition coefficient (Wildman–Crippen LogP) is 5.13. The Morgan fingerprint density at radius 2 is 1.50 bits per heavy atom. The van der Waals surface area contributed by atoms with Crippen LogP contribution in [0, 0.1) is 0 Å². The van der Waals surface area contributed by atoms with Gasteiger partial charge in [-0.05, 0) is 55.5 Å². The molecule has 0 saturated heterocycles. The number of carbonyl (C=O) groups is 4. The van der Waals surface area contributed by atoms with Crippen LogP contribution in [0.5, 0.6) is 11.5 Å². The average molecular weight is 559 g/mol. The summed E-state index contributed by atoms with van der Waals surface area (Å²) in [6.07, 6.45) is 0. The molecule has 10 nitrogen and oxygen atoms in total. The van der Waals surface area contributed by atoms with Gasteiger partial charge in [-0.3, -0.25) is 9.59 Å². The van der Waals surface area contributed by atoms with E-state index in [-0.39, 0.29) is 17.0 Å². The molecule has 4 N–H and O–H groups in total. The summed E-state index contributed by atoms with van der Waals surface area (Å²) in [6.45, 7) is 1.72. The van der Waals surface area contributed by atoms with Crippen molar-refractivity contribution >= 4 is 58.5 Å². The van der Waals surface area contributed by atoms with E-state index in [9.17, 15) is 24.3 Å². The number of amides is 2. The number of rotatable bonds is 10. The zero-order valence-corrected chi connectivity index (χ0v) is 22.0. The van der Waals surface area contributed by atoms with Gasteiger partial charge in [-0.2, -0.15) is 0 Å². The first-order chi connectivity index (χ1) is 18.0. The summed E-state index contributed by atoms with van der Waals surface area (Å²) in [4.78, 5) is 48.8. The molecular weight excluding hydrogens is 536 g/mol. The third-order valence-electron chi connectivity index (χ3n) is 5.27. The first-order valence-corrected chi connectivity index (χ1v) is 12.2. The molecule has 0 aliphatic heterocycles. The lowest BCUT2D eigenvalue weighted by Gasteiger charge is -2.16. The summed E-state index contributed by atoms with van der Waals surface area (Å²) in [5, 5.41) is 23.6. The van der Waals surface area contributed by atoms with Crippen LogP contribution >= 0.6 is 23.4 Å². The highest BCUT2D eigenvalue weighted by Gasteiger charge is 2.20. The molecule has 0 aliphatic rings. The van der Waals surface area contributed by atoms with Crippen LogP contribution in [-0.2, 0) is 4.79 Å². The molecule has 3 rings (SSSR count). The van der Waals surface area contributed by atoms with Crippen molar-refractivity contribution in [1.82, 2.24) is 0 Å². The van der Waals surface area contributed by atoms with E-state index in [4.69, 9.17) is 26.2 Å². The third kappa shape index (κ3) is 6.75. The van der Waals surface area contributed by atoms with Gasteiger partial charge in [-0.1, -0.05) is 11.6 Å². The smallest absolute Gasteiger partial charge is 0.336 e. The minimum Gasteiger partial charge on any atom is -0.495 e. The van der Waals surface area contributed by atoms with Crippen LogP contribution in [0.4, 0.5) is 11.4 Å². The van der Waals surface area contributed by atoms with Crippen LogP contribution in [0.15, 0.2) is 59.5 Å². The second-order valence-electron chi connectivity index (χ2n) is 7.79. The van der Waals surface area contributed by atoms with Crippen molar-refractivity contribution in [3.63, 3.8) is 0 Å². The first-order valence-electron chi connectivity index (χ1n) is 10.9. The summed E-state index contributed by atoms with van der Waals surface area (Å²) in [7, 11) is 2.94. The maximum absolute atomic E-state index is 12.8. The third-order valence-corrected chi connectivity index (χ3v) is 6.67. The number of thioether (sulfide) groups is 1. The molecule has 3 aromatic carbocycles. The molecule has 0 aromatic heterocycles. The van der Waals surface area contributed by atoms with E-state index >= 15 is 0 Å². The molecule has 198 valence electrons. The molecule has 0 spiro atoms. The largest absolute Gasteiger partial charge is 0.495 e. The van der Waals surface area contributed by atoms with Gasteiger partial charge in [0.25, 0.3) is 5.91 Å². The second-order valence-corrected chi connectivity index (χ2v) is 9.61. The van der Waals surface area contributed by atoms with Crippen molar-refractivity contribution in [2.24, 2.45) is 0 Å². The van der Waals surface area contributed by atoms with Gasteiger partial charge in [-0.15, -0.1) is 11.8 Å². The van der Waals surface area contributed by atoms with Gasteiger partial charge in [0, 0.05) is 16.6 Å². The number of carboxylic acids is 2. The Labute approximate surface area is 226 Å². The highest BCUT2D eigenvalue weighted by molar-refractivity contribution is 8.00. The Morgan fingerprint density at radius 3 is 2.08 bits per heavy atom. The van der Waals surface area contributed by atoms with Crippen LogP contribution in [0.3, 0.4) is 0 Å². The number of anilines is 2. The number of carboxylic acid groups (broad SMARTS) is 2. The van der Waals surface area contributed by atoms with E-state index in [1.807, 2.05) is 0 Å². The van der Waals surface area contributed by atoms with Crippen LogP contribution in [0.25, 0.3) is 0 Å². The highest BCUT2D eigenvalue weighted by Crippen LogP contribution is 2.36. The van der Waals surface area contributed by atoms with Crippen molar-refractivity contribution in [3.8, 4) is 11.5 Å². The zero-order chi connectivity index (χ0) is 28.0. The number of carbonyl (C=O) groups excluding carboxylic acids is 2. The lowest BCUT2D eigenvalue weighted by atomic mass is 10.0. The maximum atomic E-state index is 12.8. The lowest BCUT2D eigenvalue weighted by Crippen LogP contribution is -2.22. The molecule has 38 heavy (non-hydrogen) atoms. The van der Waals surface area contributed by atoms with Crippen molar-refractivity contribution in [3.05, 3.63) is 76.3 Å². The minimum atomic E-state index is -1.42. The molecule has 2 amide bonds. The monoisotopic (exact) mass is 558 g/mol. The molecule has 3 aromatic rings. The summed E-state index contributed by atoms with van der Waals surface area (Å²) < 4.78 is 10.5. The molecule has 12 heteroatoms. The van der Waals surface area contributed by atoms with Crippen LogP contribution in [-0.4, -0.2) is 53.4 Å². The molecule has 0 fully saturated rings. The van der Waals surface area contributed by atoms with E-state index in [0.29, 0.717) is 27.9 Å². The molecule has 0 heterocycles. The normalized spacial score (nSPS) is 11.3. The molecule has 0 aliphatic carbocycles. The van der Waals surface area contributed by atoms with E-state index < -0.39 is 28.7 Å². The number of aromatic carboxylic acids is 2. The number of ether oxygens (including phenoxy) is 2. The Morgan fingerprint density at radius 1 is 0.842 bits per heavy atom. The SMILES string of the molecule is COc1cc(OC)c(NC(=O)C(C)Sc2ccc(NC(=O)c3ccc(C(=O)O)cc3C(=O)O)cc2)cc1Cl. The molecule has 1 atom stereocenters. The predicted molar refractivity (Wildman–Crippen MR) is 143 cm³/mol. The number of benzene rings is 3.